The highest BCUT2D eigenvalue weighted by Gasteiger charge is 2.20. The Bertz CT molecular complexity index is 237. The molecule has 0 aliphatic carbocycles. The highest BCUT2D eigenvalue weighted by Crippen LogP contribution is 2.19. The van der Waals surface area contributed by atoms with Crippen molar-refractivity contribution in [1.29, 1.82) is 0 Å². The zero-order valence-electron chi connectivity index (χ0n) is 12.0. The maximum Gasteiger partial charge on any atom is 0.234 e. The summed E-state index contributed by atoms with van der Waals surface area (Å²) in [4.78, 5) is 14.1. The molecule has 1 rings (SSSR count). The molecule has 1 amide bonds. The highest BCUT2D eigenvalue weighted by molar-refractivity contribution is 5.78. The first-order valence-electron chi connectivity index (χ1n) is 7.37. The number of carbonyl (C=O) groups is 1. The van der Waals surface area contributed by atoms with E-state index in [1.807, 2.05) is 0 Å². The number of carbonyl (C=O) groups excluding carboxylic acids is 1. The molecule has 1 heterocycles. The second-order valence-electron chi connectivity index (χ2n) is 5.55. The molecule has 1 aliphatic rings. The standard InChI is InChI=1S/C14H29N3O/c1-3-4-12(2)16-14(18)11-17-9-6-13(5-8-15)7-10-17/h12-13H,3-11,15H2,1-2H3,(H,16,18). The molecule has 1 fully saturated rings. The lowest BCUT2D eigenvalue weighted by molar-refractivity contribution is -0.123. The average molecular weight is 255 g/mol. The van der Waals surface area contributed by atoms with E-state index in [1.54, 1.807) is 0 Å². The van der Waals surface area contributed by atoms with E-state index in [2.05, 4.69) is 24.1 Å². The molecule has 1 unspecified atom stereocenters. The predicted molar refractivity (Wildman–Crippen MR) is 75.3 cm³/mol. The molecule has 4 nitrogen and oxygen atoms in total. The van der Waals surface area contributed by atoms with E-state index >= 15 is 0 Å². The molecule has 0 aromatic rings. The molecule has 106 valence electrons. The first kappa shape index (κ1) is 15.4. The monoisotopic (exact) mass is 255 g/mol. The van der Waals surface area contributed by atoms with E-state index in [1.165, 1.54) is 12.8 Å². The lowest BCUT2D eigenvalue weighted by atomic mass is 9.94. The van der Waals surface area contributed by atoms with Crippen molar-refractivity contribution in [2.45, 2.75) is 52.0 Å². The van der Waals surface area contributed by atoms with Crippen molar-refractivity contribution in [2.75, 3.05) is 26.2 Å². The molecule has 1 aliphatic heterocycles. The minimum Gasteiger partial charge on any atom is -0.353 e. The third kappa shape index (κ3) is 5.83. The molecule has 0 aromatic carbocycles. The van der Waals surface area contributed by atoms with Gasteiger partial charge in [0, 0.05) is 6.04 Å². The van der Waals surface area contributed by atoms with Crippen molar-refractivity contribution < 1.29 is 4.79 Å². The van der Waals surface area contributed by atoms with Crippen LogP contribution in [0.4, 0.5) is 0 Å². The van der Waals surface area contributed by atoms with Gasteiger partial charge in [0.2, 0.25) is 5.91 Å². The van der Waals surface area contributed by atoms with Gasteiger partial charge in [-0.2, -0.15) is 0 Å². The lowest BCUT2D eigenvalue weighted by Crippen LogP contribution is -2.44. The third-order valence-electron chi connectivity index (χ3n) is 3.78. The summed E-state index contributed by atoms with van der Waals surface area (Å²) < 4.78 is 0. The van der Waals surface area contributed by atoms with Crippen LogP contribution in [-0.2, 0) is 4.79 Å². The molecule has 0 aromatic heterocycles. The molecule has 1 saturated heterocycles. The van der Waals surface area contributed by atoms with E-state index in [9.17, 15) is 4.79 Å². The van der Waals surface area contributed by atoms with E-state index in [0.29, 0.717) is 12.6 Å². The van der Waals surface area contributed by atoms with E-state index in [0.717, 1.165) is 44.8 Å². The third-order valence-corrected chi connectivity index (χ3v) is 3.78. The summed E-state index contributed by atoms with van der Waals surface area (Å²) in [6.45, 7) is 7.66. The molecule has 18 heavy (non-hydrogen) atoms. The summed E-state index contributed by atoms with van der Waals surface area (Å²) >= 11 is 0. The van der Waals surface area contributed by atoms with E-state index < -0.39 is 0 Å². The Hall–Kier alpha value is -0.610. The van der Waals surface area contributed by atoms with E-state index in [4.69, 9.17) is 5.73 Å². The minimum absolute atomic E-state index is 0.174. The Balaban J connectivity index is 2.18. The minimum atomic E-state index is 0.174. The molecule has 0 spiro atoms. The fourth-order valence-corrected chi connectivity index (χ4v) is 2.70. The molecule has 0 radical (unpaired) electrons. The van der Waals surface area contributed by atoms with Gasteiger partial charge in [-0.3, -0.25) is 9.69 Å². The fraction of sp³-hybridized carbons (Fsp3) is 0.929. The topological polar surface area (TPSA) is 58.4 Å². The van der Waals surface area contributed by atoms with Crippen molar-refractivity contribution >= 4 is 5.91 Å². The van der Waals surface area contributed by atoms with Crippen LogP contribution in [0.5, 0.6) is 0 Å². The molecule has 1 atom stereocenters. The maximum absolute atomic E-state index is 11.8. The summed E-state index contributed by atoms with van der Waals surface area (Å²) in [5.74, 6) is 0.946. The Labute approximate surface area is 111 Å². The van der Waals surface area contributed by atoms with Gasteiger partial charge in [-0.15, -0.1) is 0 Å². The van der Waals surface area contributed by atoms with Crippen LogP contribution in [-0.4, -0.2) is 43.0 Å². The van der Waals surface area contributed by atoms with Gasteiger partial charge < -0.3 is 11.1 Å². The number of likely N-dealkylation sites (tertiary alicyclic amines) is 1. The zero-order valence-corrected chi connectivity index (χ0v) is 12.0. The molecule has 3 N–H and O–H groups in total. The van der Waals surface area contributed by atoms with Gasteiger partial charge in [-0.05, 0) is 58.2 Å². The highest BCUT2D eigenvalue weighted by atomic mass is 16.2. The van der Waals surface area contributed by atoms with Gasteiger partial charge >= 0.3 is 0 Å². The van der Waals surface area contributed by atoms with Gasteiger partial charge in [0.15, 0.2) is 0 Å². The molecular weight excluding hydrogens is 226 g/mol. The molecule has 0 bridgehead atoms. The maximum atomic E-state index is 11.8. The number of hydrogen-bond donors (Lipinski definition) is 2. The van der Waals surface area contributed by atoms with Crippen molar-refractivity contribution in [1.82, 2.24) is 10.2 Å². The molecule has 4 heteroatoms. The van der Waals surface area contributed by atoms with Crippen LogP contribution >= 0.6 is 0 Å². The summed E-state index contributed by atoms with van der Waals surface area (Å²) in [5, 5.41) is 3.06. The van der Waals surface area contributed by atoms with Crippen LogP contribution in [0, 0.1) is 5.92 Å². The van der Waals surface area contributed by atoms with Gasteiger partial charge in [0.25, 0.3) is 0 Å². The summed E-state index contributed by atoms with van der Waals surface area (Å²) in [6.07, 6.45) is 5.69. The number of rotatable bonds is 7. The SMILES string of the molecule is CCCC(C)NC(=O)CN1CCC(CCN)CC1. The van der Waals surface area contributed by atoms with Crippen LogP contribution in [0.2, 0.25) is 0 Å². The number of amides is 1. The van der Waals surface area contributed by atoms with Gasteiger partial charge in [0.05, 0.1) is 6.54 Å². The zero-order chi connectivity index (χ0) is 13.4. The van der Waals surface area contributed by atoms with Crippen LogP contribution in [0.1, 0.15) is 46.0 Å². The Morgan fingerprint density at radius 2 is 2.11 bits per heavy atom. The average Bonchev–Trinajstić information content (AvgIpc) is 2.32. The van der Waals surface area contributed by atoms with Gasteiger partial charge in [-0.1, -0.05) is 13.3 Å². The van der Waals surface area contributed by atoms with Crippen LogP contribution in [0.25, 0.3) is 0 Å². The second-order valence-corrected chi connectivity index (χ2v) is 5.55. The van der Waals surface area contributed by atoms with Crippen LogP contribution < -0.4 is 11.1 Å². The van der Waals surface area contributed by atoms with Crippen molar-refractivity contribution in [2.24, 2.45) is 11.7 Å². The largest absolute Gasteiger partial charge is 0.353 e. The second kappa shape index (κ2) is 8.48. The van der Waals surface area contributed by atoms with Gasteiger partial charge in [-0.25, -0.2) is 0 Å². The van der Waals surface area contributed by atoms with Crippen LogP contribution in [0.3, 0.4) is 0 Å². The molecular formula is C14H29N3O. The fourth-order valence-electron chi connectivity index (χ4n) is 2.70. The smallest absolute Gasteiger partial charge is 0.234 e. The number of nitrogens with zero attached hydrogens (tertiary/aromatic N) is 1. The Kier molecular flexibility index (Phi) is 7.28. The summed E-state index contributed by atoms with van der Waals surface area (Å²) in [7, 11) is 0. The van der Waals surface area contributed by atoms with Crippen LogP contribution in [0.15, 0.2) is 0 Å². The number of nitrogens with two attached hydrogens (primary N) is 1. The van der Waals surface area contributed by atoms with Crippen molar-refractivity contribution in [3.05, 3.63) is 0 Å². The Morgan fingerprint density at radius 1 is 1.44 bits per heavy atom. The predicted octanol–water partition coefficient (Wildman–Crippen LogP) is 1.35. The quantitative estimate of drug-likeness (QED) is 0.722. The van der Waals surface area contributed by atoms with E-state index in [-0.39, 0.29) is 5.91 Å². The lowest BCUT2D eigenvalue weighted by Gasteiger charge is -2.31. The Morgan fingerprint density at radius 3 is 2.67 bits per heavy atom. The van der Waals surface area contributed by atoms with Gasteiger partial charge in [0.1, 0.15) is 0 Å². The number of piperidine rings is 1. The van der Waals surface area contributed by atoms with Crippen molar-refractivity contribution in [3.63, 3.8) is 0 Å². The summed E-state index contributed by atoms with van der Waals surface area (Å²) in [6, 6.07) is 0.303. The van der Waals surface area contributed by atoms with Crippen molar-refractivity contribution in [3.8, 4) is 0 Å². The number of hydrogen-bond acceptors (Lipinski definition) is 3. The first-order chi connectivity index (χ1) is 8.65. The summed E-state index contributed by atoms with van der Waals surface area (Å²) in [5.41, 5.74) is 5.58. The number of nitrogens with one attached hydrogen (secondary N) is 1. The normalized spacial score (nSPS) is 19.7. The first-order valence-corrected chi connectivity index (χ1v) is 7.37. The molecule has 0 saturated carbocycles.